The molecule has 1 N–H and O–H groups in total. The Morgan fingerprint density at radius 3 is 2.47 bits per heavy atom. The van der Waals surface area contributed by atoms with Crippen molar-refractivity contribution < 1.29 is 26.7 Å². The molecule has 0 aliphatic heterocycles. The van der Waals surface area contributed by atoms with Crippen LogP contribution in [0.5, 0.6) is 11.6 Å². The van der Waals surface area contributed by atoms with E-state index in [1.54, 1.807) is 30.3 Å². The molecule has 0 bridgehead atoms. The minimum atomic E-state index is -3.35. The molecule has 1 saturated carbocycles. The number of sulfone groups is 1. The molecular formula is C21H22F2N2O4S. The monoisotopic (exact) mass is 436 g/mol. The summed E-state index contributed by atoms with van der Waals surface area (Å²) in [5.41, 5.74) is -0.550. The fraction of sp³-hybridized carbons (Fsp3) is 0.333. The third kappa shape index (κ3) is 6.09. The van der Waals surface area contributed by atoms with E-state index in [-0.39, 0.29) is 17.4 Å². The Bertz CT molecular complexity index is 1050. The van der Waals surface area contributed by atoms with Crippen LogP contribution in [0.2, 0.25) is 0 Å². The Balaban J connectivity index is 1.90. The summed E-state index contributed by atoms with van der Waals surface area (Å²) < 4.78 is 56.0. The number of ether oxygens (including phenoxy) is 1. The van der Waals surface area contributed by atoms with Gasteiger partial charge in [-0.3, -0.25) is 4.79 Å². The van der Waals surface area contributed by atoms with Crippen LogP contribution < -0.4 is 10.1 Å². The van der Waals surface area contributed by atoms with Crippen LogP contribution in [0.3, 0.4) is 0 Å². The molecule has 9 heteroatoms. The number of carbonyl (C=O) groups is 1. The first-order chi connectivity index (χ1) is 14.0. The van der Waals surface area contributed by atoms with Gasteiger partial charge in [0.15, 0.2) is 9.84 Å². The fourth-order valence-electron chi connectivity index (χ4n) is 2.77. The zero-order valence-corrected chi connectivity index (χ0v) is 17.3. The number of nitrogens with one attached hydrogen (secondary N) is 1. The first kappa shape index (κ1) is 21.9. The van der Waals surface area contributed by atoms with Gasteiger partial charge in [0.05, 0.1) is 6.04 Å². The molecule has 1 aromatic heterocycles. The predicted octanol–water partition coefficient (Wildman–Crippen LogP) is 4.05. The van der Waals surface area contributed by atoms with Gasteiger partial charge in [-0.1, -0.05) is 24.3 Å². The number of rotatable bonds is 8. The van der Waals surface area contributed by atoms with Crippen molar-refractivity contribution in [1.29, 1.82) is 0 Å². The second-order valence-corrected chi connectivity index (χ2v) is 9.28. The molecule has 30 heavy (non-hydrogen) atoms. The average Bonchev–Trinajstić information content (AvgIpc) is 3.49. The van der Waals surface area contributed by atoms with Crippen LogP contribution in [0, 0.1) is 5.92 Å². The Morgan fingerprint density at radius 2 is 1.90 bits per heavy atom. The highest BCUT2D eigenvalue weighted by Gasteiger charge is 2.33. The molecule has 3 rings (SSSR count). The Labute approximate surface area is 173 Å². The average molecular weight is 436 g/mol. The maximum atomic E-state index is 13.8. The molecule has 1 fully saturated rings. The van der Waals surface area contributed by atoms with Crippen molar-refractivity contribution in [3.05, 3.63) is 65.2 Å². The summed E-state index contributed by atoms with van der Waals surface area (Å²) in [6, 6.07) is 10.2. The van der Waals surface area contributed by atoms with Crippen molar-refractivity contribution in [2.75, 3.05) is 6.26 Å². The third-order valence-electron chi connectivity index (χ3n) is 4.47. The fourth-order valence-corrected chi connectivity index (χ4v) is 3.23. The van der Waals surface area contributed by atoms with E-state index in [0.29, 0.717) is 12.7 Å². The Hall–Kier alpha value is -2.81. The zero-order valence-electron chi connectivity index (χ0n) is 16.5. The quantitative estimate of drug-likeness (QED) is 0.675. The molecule has 0 radical (unpaired) electrons. The molecular weight excluding hydrogens is 414 g/mol. The molecule has 2 aromatic rings. The van der Waals surface area contributed by atoms with Crippen LogP contribution in [0.1, 0.15) is 35.8 Å². The van der Waals surface area contributed by atoms with Crippen LogP contribution in [-0.2, 0) is 15.8 Å². The topological polar surface area (TPSA) is 85.4 Å². The summed E-state index contributed by atoms with van der Waals surface area (Å²) in [6.07, 6.45) is 4.20. The van der Waals surface area contributed by atoms with Crippen molar-refractivity contribution in [2.24, 2.45) is 5.92 Å². The van der Waals surface area contributed by atoms with Crippen molar-refractivity contribution in [2.45, 2.75) is 31.7 Å². The van der Waals surface area contributed by atoms with Crippen molar-refractivity contribution in [3.8, 4) is 11.6 Å². The second kappa shape index (κ2) is 8.51. The minimum Gasteiger partial charge on any atom is -0.438 e. The van der Waals surface area contributed by atoms with Crippen molar-refractivity contribution in [1.82, 2.24) is 10.3 Å². The molecule has 0 spiro atoms. The summed E-state index contributed by atoms with van der Waals surface area (Å²) in [4.78, 5) is 16.7. The molecule has 1 amide bonds. The molecule has 1 aliphatic rings. The highest BCUT2D eigenvalue weighted by molar-refractivity contribution is 7.93. The van der Waals surface area contributed by atoms with Gasteiger partial charge >= 0.3 is 0 Å². The standard InChI is InChI=1S/C21H22F2N2O4S/c1-21(22,23)18-11-10-16(20(25-18)29-15-6-4-3-5-7-15)19(26)24-17(14-8-9-14)12-13-30(2,27)28/h3-7,10-14,17H,8-9H2,1-2H3,(H,24,26)/b13-12+. The van der Waals surface area contributed by atoms with Crippen LogP contribution in [0.15, 0.2) is 53.9 Å². The molecule has 6 nitrogen and oxygen atoms in total. The summed E-state index contributed by atoms with van der Waals surface area (Å²) in [7, 11) is -3.35. The van der Waals surface area contributed by atoms with Gasteiger partial charge in [0.1, 0.15) is 17.0 Å². The largest absolute Gasteiger partial charge is 0.438 e. The number of amides is 1. The lowest BCUT2D eigenvalue weighted by Crippen LogP contribution is -2.35. The van der Waals surface area contributed by atoms with E-state index in [4.69, 9.17) is 4.74 Å². The number of hydrogen-bond donors (Lipinski definition) is 1. The van der Waals surface area contributed by atoms with Gasteiger partial charge in [-0.2, -0.15) is 8.78 Å². The highest BCUT2D eigenvalue weighted by atomic mass is 32.2. The minimum absolute atomic E-state index is 0.0229. The number of benzene rings is 1. The van der Waals surface area contributed by atoms with Crippen molar-refractivity contribution >= 4 is 15.7 Å². The van der Waals surface area contributed by atoms with Gasteiger partial charge in [-0.25, -0.2) is 13.4 Å². The van der Waals surface area contributed by atoms with Crippen LogP contribution in [0.4, 0.5) is 8.78 Å². The number of hydrogen-bond acceptors (Lipinski definition) is 5. The first-order valence-corrected chi connectivity index (χ1v) is 11.3. The van der Waals surface area contributed by atoms with Gasteiger partial charge < -0.3 is 10.1 Å². The first-order valence-electron chi connectivity index (χ1n) is 9.34. The molecule has 1 aromatic carbocycles. The summed E-state index contributed by atoms with van der Waals surface area (Å²) in [5.74, 6) is -3.59. The summed E-state index contributed by atoms with van der Waals surface area (Å²) in [6.45, 7) is 0.709. The summed E-state index contributed by atoms with van der Waals surface area (Å²) in [5, 5.41) is 3.81. The second-order valence-electron chi connectivity index (χ2n) is 7.35. The number of alkyl halides is 2. The lowest BCUT2D eigenvalue weighted by Gasteiger charge is -2.17. The SMILES string of the molecule is CC(F)(F)c1ccc(C(=O)NC(/C=C/S(C)(=O)=O)C2CC2)c(Oc2ccccc2)n1. The lowest BCUT2D eigenvalue weighted by molar-refractivity contribution is 0.0122. The molecule has 1 atom stereocenters. The number of aromatic nitrogens is 1. The third-order valence-corrected chi connectivity index (χ3v) is 5.12. The zero-order chi connectivity index (χ0) is 21.9. The number of nitrogens with zero attached hydrogens (tertiary/aromatic N) is 1. The van der Waals surface area contributed by atoms with E-state index in [0.717, 1.165) is 30.6 Å². The molecule has 1 aliphatic carbocycles. The predicted molar refractivity (Wildman–Crippen MR) is 108 cm³/mol. The number of pyridine rings is 1. The Kier molecular flexibility index (Phi) is 6.21. The summed E-state index contributed by atoms with van der Waals surface area (Å²) >= 11 is 0. The maximum Gasteiger partial charge on any atom is 0.287 e. The maximum absolute atomic E-state index is 13.8. The molecule has 160 valence electrons. The number of carbonyl (C=O) groups excluding carboxylic acids is 1. The Morgan fingerprint density at radius 1 is 1.23 bits per heavy atom. The van der Waals surface area contributed by atoms with Gasteiger partial charge in [0.2, 0.25) is 5.88 Å². The number of para-hydroxylation sites is 1. The van der Waals surface area contributed by atoms with Gasteiger partial charge in [0.25, 0.3) is 11.8 Å². The molecule has 1 unspecified atom stereocenters. The van der Waals surface area contributed by atoms with E-state index >= 15 is 0 Å². The van der Waals surface area contributed by atoms with Crippen LogP contribution in [0.25, 0.3) is 0 Å². The smallest absolute Gasteiger partial charge is 0.287 e. The van der Waals surface area contributed by atoms with E-state index in [2.05, 4.69) is 10.3 Å². The van der Waals surface area contributed by atoms with E-state index in [1.807, 2.05) is 0 Å². The van der Waals surface area contributed by atoms with E-state index < -0.39 is 33.4 Å². The molecule has 1 heterocycles. The van der Waals surface area contributed by atoms with E-state index in [1.165, 1.54) is 12.1 Å². The highest BCUT2D eigenvalue weighted by Crippen LogP contribution is 2.34. The van der Waals surface area contributed by atoms with E-state index in [9.17, 15) is 22.0 Å². The van der Waals surface area contributed by atoms with Gasteiger partial charge in [0, 0.05) is 18.6 Å². The van der Waals surface area contributed by atoms with Crippen LogP contribution >= 0.6 is 0 Å². The van der Waals surface area contributed by atoms with Crippen LogP contribution in [-0.4, -0.2) is 31.6 Å². The normalized spacial score (nSPS) is 15.7. The lowest BCUT2D eigenvalue weighted by atomic mass is 10.1. The molecule has 0 saturated heterocycles. The van der Waals surface area contributed by atoms with Crippen molar-refractivity contribution in [3.63, 3.8) is 0 Å². The number of halogens is 2. The van der Waals surface area contributed by atoms with Gasteiger partial charge in [-0.15, -0.1) is 0 Å². The van der Waals surface area contributed by atoms with Gasteiger partial charge in [-0.05, 0) is 43.0 Å².